The van der Waals surface area contributed by atoms with Gasteiger partial charge in [0.25, 0.3) is 10.0 Å². The maximum atomic E-state index is 13.7. The molecule has 4 rings (SSSR count). The van der Waals surface area contributed by atoms with Gasteiger partial charge in [0.1, 0.15) is 0 Å². The number of hydrogen-bond donors (Lipinski definition) is 2. The van der Waals surface area contributed by atoms with E-state index in [0.717, 1.165) is 22.0 Å². The lowest BCUT2D eigenvalue weighted by Crippen LogP contribution is -2.47. The van der Waals surface area contributed by atoms with Gasteiger partial charge in [-0.3, -0.25) is 10.2 Å². The van der Waals surface area contributed by atoms with E-state index in [9.17, 15) is 26.4 Å². The Hall–Kier alpha value is -3.90. The van der Waals surface area contributed by atoms with Gasteiger partial charge in [-0.05, 0) is 60.4 Å². The molecule has 1 unspecified atom stereocenters. The van der Waals surface area contributed by atoms with E-state index in [1.807, 2.05) is 30.3 Å². The van der Waals surface area contributed by atoms with Crippen LogP contribution in [0.3, 0.4) is 0 Å². The van der Waals surface area contributed by atoms with Gasteiger partial charge in [0.05, 0.1) is 16.2 Å². The number of sulfonamides is 1. The van der Waals surface area contributed by atoms with Crippen molar-refractivity contribution in [3.05, 3.63) is 101 Å². The summed E-state index contributed by atoms with van der Waals surface area (Å²) in [6, 6.07) is 19.4. The molecule has 0 spiro atoms. The molecular formula is C28H26ClF3N4O4S. The molecule has 216 valence electrons. The Kier molecular flexibility index (Phi) is 8.60. The summed E-state index contributed by atoms with van der Waals surface area (Å²) in [7, 11) is -4.58. The normalized spacial score (nSPS) is 16.6. The number of halogens is 4. The molecule has 0 saturated heterocycles. The molecule has 0 saturated carbocycles. The van der Waals surface area contributed by atoms with Crippen LogP contribution in [0.2, 0.25) is 6.43 Å². The Morgan fingerprint density at radius 3 is 2.34 bits per heavy atom. The number of aliphatic carboxylic acids is 1. The summed E-state index contributed by atoms with van der Waals surface area (Å²) >= 11 is 6.09. The van der Waals surface area contributed by atoms with Crippen molar-refractivity contribution in [2.24, 2.45) is 5.10 Å². The molecule has 41 heavy (non-hydrogen) atoms. The van der Waals surface area contributed by atoms with Gasteiger partial charge in [0, 0.05) is 30.5 Å². The third-order valence-electron chi connectivity index (χ3n) is 6.51. The third kappa shape index (κ3) is 7.06. The molecule has 0 aromatic heterocycles. The van der Waals surface area contributed by atoms with Gasteiger partial charge in [-0.15, -0.1) is 0 Å². The van der Waals surface area contributed by atoms with Gasteiger partial charge in [0.15, 0.2) is 1.41 Å². The second-order valence-corrected chi connectivity index (χ2v) is 11.6. The summed E-state index contributed by atoms with van der Waals surface area (Å²) in [5.74, 6) is -1.78. The van der Waals surface area contributed by atoms with Gasteiger partial charge in [-0.1, -0.05) is 54.1 Å². The first kappa shape index (κ1) is 28.6. The lowest BCUT2D eigenvalue weighted by Gasteiger charge is -2.35. The Balaban J connectivity index is 1.77. The molecule has 0 radical (unpaired) electrons. The smallest absolute Gasteiger partial charge is 0.416 e. The maximum Gasteiger partial charge on any atom is 0.416 e. The zero-order chi connectivity index (χ0) is 30.5. The summed E-state index contributed by atoms with van der Waals surface area (Å²) in [4.78, 5) is 10.7. The number of hydrazone groups is 1. The first-order valence-electron chi connectivity index (χ1n) is 13.0. The van der Waals surface area contributed by atoms with Crippen LogP contribution in [-0.2, 0) is 21.0 Å². The molecule has 0 amide bonds. The number of carbonyl (C=O) groups is 1. The highest BCUT2D eigenvalue weighted by Crippen LogP contribution is 2.32. The molecule has 1 aliphatic rings. The summed E-state index contributed by atoms with van der Waals surface area (Å²) in [6.45, 7) is -0.260. The minimum Gasteiger partial charge on any atom is -0.481 e. The topological polar surface area (TPSA) is 114 Å². The van der Waals surface area contributed by atoms with Crippen molar-refractivity contribution in [2.75, 3.05) is 13.1 Å². The second-order valence-electron chi connectivity index (χ2n) is 9.26. The van der Waals surface area contributed by atoms with E-state index in [1.54, 1.807) is 24.3 Å². The molecule has 2 N–H and O–H groups in total. The Bertz CT molecular complexity index is 1570. The minimum absolute atomic E-state index is 0.145. The van der Waals surface area contributed by atoms with Crippen molar-refractivity contribution in [1.82, 2.24) is 9.31 Å². The third-order valence-corrected chi connectivity index (χ3v) is 8.55. The fourth-order valence-electron chi connectivity index (χ4n) is 4.45. The fraction of sp³-hybridized carbons (Fsp3) is 0.250. The number of carboxylic acid groups (broad SMARTS) is 1. The molecule has 13 heteroatoms. The van der Waals surface area contributed by atoms with Gasteiger partial charge in [-0.25, -0.2) is 17.7 Å². The molecule has 3 aromatic rings. The van der Waals surface area contributed by atoms with Crippen LogP contribution in [0, 0.1) is 5.40 Å². The largest absolute Gasteiger partial charge is 0.481 e. The van der Waals surface area contributed by atoms with Gasteiger partial charge in [-0.2, -0.15) is 18.3 Å². The quantitative estimate of drug-likeness (QED) is 0.240. The van der Waals surface area contributed by atoms with Crippen LogP contribution < -0.4 is 0 Å². The summed E-state index contributed by atoms with van der Waals surface area (Å²) in [5, 5.41) is 19.1. The zero-order valence-corrected chi connectivity index (χ0v) is 23.1. The highest BCUT2D eigenvalue weighted by Gasteiger charge is 2.35. The molecule has 3 aromatic carbocycles. The van der Waals surface area contributed by atoms with Crippen molar-refractivity contribution in [3.8, 4) is 0 Å². The molecule has 0 aliphatic carbocycles. The van der Waals surface area contributed by atoms with E-state index in [4.69, 9.17) is 23.2 Å². The van der Waals surface area contributed by atoms with Crippen LogP contribution in [0.5, 0.6) is 0 Å². The zero-order valence-electron chi connectivity index (χ0n) is 22.5. The number of carboxylic acids is 1. The van der Waals surface area contributed by atoms with E-state index in [-0.39, 0.29) is 25.3 Å². The Morgan fingerprint density at radius 1 is 1.10 bits per heavy atom. The number of alkyl halides is 3. The Morgan fingerprint density at radius 2 is 1.76 bits per heavy atom. The van der Waals surface area contributed by atoms with Crippen LogP contribution in [0.4, 0.5) is 13.2 Å². The molecule has 8 nitrogen and oxygen atoms in total. The van der Waals surface area contributed by atoms with Crippen LogP contribution in [-0.4, -0.2) is 53.6 Å². The minimum atomic E-state index is -4.67. The standard InChI is InChI=1S/C28H26ClF3N4O4S/c29-22-12-8-20(9-13-22)26-24(19-5-2-1-3-6-19)16-18-35(34-26)27(33)36(17-4-7-25(37)38)41(39,40)23-14-10-21(11-15-23)28(30,31)32/h1-3,5-6,8-15,24,33H,4,7,16-18H2,(H,37,38)/b33-27-. The average molecular weight is 607 g/mol. The van der Waals surface area contributed by atoms with Crippen molar-refractivity contribution in [3.63, 3.8) is 0 Å². The van der Waals surface area contributed by atoms with Gasteiger partial charge in [0.2, 0.25) is 5.96 Å². The van der Waals surface area contributed by atoms with Crippen LogP contribution in [0.25, 0.3) is 0 Å². The van der Waals surface area contributed by atoms with Crippen LogP contribution in [0.15, 0.2) is 88.9 Å². The van der Waals surface area contributed by atoms with E-state index in [1.165, 1.54) is 5.01 Å². The van der Waals surface area contributed by atoms with Gasteiger partial charge >= 0.3 is 12.1 Å². The van der Waals surface area contributed by atoms with Gasteiger partial charge < -0.3 is 5.11 Å². The lowest BCUT2D eigenvalue weighted by molar-refractivity contribution is -0.138. The summed E-state index contributed by atoms with van der Waals surface area (Å²) < 4.78 is 75.4. The summed E-state index contributed by atoms with van der Waals surface area (Å²) in [5.41, 5.74) is 1.19. The van der Waals surface area contributed by atoms with Crippen LogP contribution in [0.1, 0.15) is 41.9 Å². The first-order chi connectivity index (χ1) is 19.9. The molecule has 0 fully saturated rings. The summed E-state index contributed by atoms with van der Waals surface area (Å²) in [6.07, 6.45) is -4.76. The number of nitrogens with zero attached hydrogens (tertiary/aromatic N) is 3. The first-order valence-corrected chi connectivity index (χ1v) is 14.3. The van der Waals surface area contributed by atoms with Crippen molar-refractivity contribution in [1.29, 1.82) is 5.40 Å². The second kappa shape index (κ2) is 12.3. The lowest BCUT2D eigenvalue weighted by atomic mass is 9.86. The van der Waals surface area contributed by atoms with E-state index in [2.05, 4.69) is 5.40 Å². The molecule has 1 aliphatic heterocycles. The molecule has 1 atom stereocenters. The van der Waals surface area contributed by atoms with E-state index >= 15 is 0 Å². The number of nitrogens with one attached hydrogen (secondary N) is 1. The Labute approximate surface area is 241 Å². The SMILES string of the molecule is [H]/N=C(/N1CCC(c2ccccc2)C(c2ccc(Cl)cc2)=N1)N(CCCC(=O)O)S(=O)(=O)c1ccc(C(F)(F)F)cc1. The van der Waals surface area contributed by atoms with Crippen molar-refractivity contribution < 1.29 is 32.9 Å². The number of rotatable bonds is 8. The fourth-order valence-corrected chi connectivity index (χ4v) is 5.98. The number of guanidine groups is 1. The van der Waals surface area contributed by atoms with Crippen molar-refractivity contribution >= 4 is 39.3 Å². The molecule has 1 heterocycles. The highest BCUT2D eigenvalue weighted by molar-refractivity contribution is 7.89. The number of benzene rings is 3. The molecule has 0 bridgehead atoms. The van der Waals surface area contributed by atoms with E-state index < -0.39 is 45.1 Å². The molecular weight excluding hydrogens is 581 g/mol. The van der Waals surface area contributed by atoms with E-state index in [0.29, 0.717) is 34.9 Å². The van der Waals surface area contributed by atoms with Crippen molar-refractivity contribution in [2.45, 2.75) is 36.3 Å². The predicted octanol–water partition coefficient (Wildman–Crippen LogP) is 6.04. The highest BCUT2D eigenvalue weighted by atomic mass is 35.5. The predicted molar refractivity (Wildman–Crippen MR) is 148 cm³/mol. The number of hydrogen-bond acceptors (Lipinski definition) is 5. The van der Waals surface area contributed by atoms with Crippen LogP contribution >= 0.6 is 11.6 Å². The average Bonchev–Trinajstić information content (AvgIpc) is 2.97. The maximum absolute atomic E-state index is 13.7. The monoisotopic (exact) mass is 606 g/mol.